The summed E-state index contributed by atoms with van der Waals surface area (Å²) in [7, 11) is 0. The van der Waals surface area contributed by atoms with Crippen molar-refractivity contribution < 1.29 is 14.3 Å². The largest absolute Gasteiger partial charge is 0.455 e. The fraction of sp³-hybridized carbons (Fsp3) is 0.529. The number of fused-ring (bicyclic) bond motifs is 1. The van der Waals surface area contributed by atoms with Gasteiger partial charge in [0.2, 0.25) is 0 Å². The van der Waals surface area contributed by atoms with Gasteiger partial charge in [0.05, 0.1) is 6.04 Å². The number of alkyl halides is 2. The molecule has 0 aliphatic heterocycles. The third kappa shape index (κ3) is 3.20. The van der Waals surface area contributed by atoms with Crippen molar-refractivity contribution >= 4 is 35.1 Å². The summed E-state index contributed by atoms with van der Waals surface area (Å²) >= 11 is 11.9. The number of amides is 1. The van der Waals surface area contributed by atoms with E-state index in [2.05, 4.69) is 11.4 Å². The maximum Gasteiger partial charge on any atom is 0.315 e. The quantitative estimate of drug-likeness (QED) is 0.665. The maximum absolute atomic E-state index is 12.1. The van der Waals surface area contributed by atoms with Crippen LogP contribution in [0.1, 0.15) is 43.4 Å². The average molecular weight is 356 g/mol. The Hall–Kier alpha value is -1.26. The fourth-order valence-electron chi connectivity index (χ4n) is 3.05. The molecular weight excluding hydrogens is 337 g/mol. The van der Waals surface area contributed by atoms with Crippen molar-refractivity contribution in [2.75, 3.05) is 6.61 Å². The van der Waals surface area contributed by atoms with Gasteiger partial charge in [0.15, 0.2) is 6.61 Å². The lowest BCUT2D eigenvalue weighted by Crippen LogP contribution is -2.35. The number of benzene rings is 1. The van der Waals surface area contributed by atoms with Gasteiger partial charge >= 0.3 is 5.97 Å². The number of nitrogens with one attached hydrogen (secondary N) is 1. The molecule has 0 heterocycles. The number of esters is 1. The van der Waals surface area contributed by atoms with Crippen LogP contribution in [0.3, 0.4) is 0 Å². The van der Waals surface area contributed by atoms with E-state index in [-0.39, 0.29) is 18.6 Å². The number of carbonyl (C=O) groups is 2. The summed E-state index contributed by atoms with van der Waals surface area (Å²) in [5.74, 6) is -0.833. The molecule has 1 N–H and O–H groups in total. The molecule has 1 saturated carbocycles. The van der Waals surface area contributed by atoms with Gasteiger partial charge in [-0.25, -0.2) is 0 Å². The highest BCUT2D eigenvalue weighted by Crippen LogP contribution is 2.64. The number of rotatable bonds is 4. The molecule has 1 fully saturated rings. The van der Waals surface area contributed by atoms with Gasteiger partial charge in [0.25, 0.3) is 5.91 Å². The molecular formula is C17H19Cl2NO3. The lowest BCUT2D eigenvalue weighted by Gasteiger charge is -2.26. The molecule has 0 saturated heterocycles. The first-order valence-corrected chi connectivity index (χ1v) is 8.51. The van der Waals surface area contributed by atoms with E-state index >= 15 is 0 Å². The maximum atomic E-state index is 12.1. The van der Waals surface area contributed by atoms with Gasteiger partial charge in [0.1, 0.15) is 9.75 Å². The predicted molar refractivity (Wildman–Crippen MR) is 88.4 cm³/mol. The number of aryl methyl sites for hydroxylation is 1. The van der Waals surface area contributed by atoms with E-state index in [0.717, 1.165) is 24.8 Å². The van der Waals surface area contributed by atoms with Crippen LogP contribution in [0.15, 0.2) is 24.3 Å². The van der Waals surface area contributed by atoms with Gasteiger partial charge in [-0.15, -0.1) is 23.2 Å². The molecule has 23 heavy (non-hydrogen) atoms. The van der Waals surface area contributed by atoms with Crippen LogP contribution in [-0.4, -0.2) is 22.8 Å². The van der Waals surface area contributed by atoms with Crippen molar-refractivity contribution in [3.63, 3.8) is 0 Å². The van der Waals surface area contributed by atoms with E-state index in [1.807, 2.05) is 18.2 Å². The smallest absolute Gasteiger partial charge is 0.315 e. The second-order valence-corrected chi connectivity index (χ2v) is 7.98. The van der Waals surface area contributed by atoms with Crippen molar-refractivity contribution in [2.45, 2.75) is 43.0 Å². The third-order valence-corrected chi connectivity index (χ3v) is 5.85. The zero-order chi connectivity index (χ0) is 16.7. The van der Waals surface area contributed by atoms with Gasteiger partial charge in [-0.3, -0.25) is 9.59 Å². The molecule has 4 nitrogen and oxygen atoms in total. The number of ether oxygens (including phenoxy) is 1. The standard InChI is InChI=1S/C17H19Cl2NO3/c1-16(10-17(16,18)19)15(22)23-9-14(21)20-13-8-4-6-11-5-2-3-7-12(11)13/h2-3,5,7,13H,4,6,8-10H2,1H3,(H,20,21)/t13-,16+/m0/s1. The Kier molecular flexibility index (Phi) is 4.32. The molecule has 6 heteroatoms. The molecule has 1 amide bonds. The van der Waals surface area contributed by atoms with Crippen molar-refractivity contribution in [1.82, 2.24) is 5.32 Å². The molecule has 2 atom stereocenters. The van der Waals surface area contributed by atoms with E-state index in [9.17, 15) is 9.59 Å². The Morgan fingerprint density at radius 1 is 1.35 bits per heavy atom. The minimum absolute atomic E-state index is 0.0252. The second kappa shape index (κ2) is 5.99. The Morgan fingerprint density at radius 3 is 2.74 bits per heavy atom. The zero-order valence-corrected chi connectivity index (χ0v) is 14.4. The van der Waals surface area contributed by atoms with Crippen molar-refractivity contribution in [3.05, 3.63) is 35.4 Å². The van der Waals surface area contributed by atoms with Crippen LogP contribution in [0, 0.1) is 5.41 Å². The summed E-state index contributed by atoms with van der Waals surface area (Å²) in [5, 5.41) is 2.94. The summed E-state index contributed by atoms with van der Waals surface area (Å²) < 4.78 is 4.00. The van der Waals surface area contributed by atoms with Gasteiger partial charge < -0.3 is 10.1 Å². The lowest BCUT2D eigenvalue weighted by atomic mass is 9.88. The predicted octanol–water partition coefficient (Wildman–Crippen LogP) is 3.31. The third-order valence-electron chi connectivity index (χ3n) is 4.75. The van der Waals surface area contributed by atoms with E-state index in [4.69, 9.17) is 27.9 Å². The topological polar surface area (TPSA) is 55.4 Å². The molecule has 0 spiro atoms. The summed E-state index contributed by atoms with van der Waals surface area (Å²) in [4.78, 5) is 24.0. The molecule has 0 bridgehead atoms. The highest BCUT2D eigenvalue weighted by molar-refractivity contribution is 6.53. The molecule has 3 rings (SSSR count). The summed E-state index contributed by atoms with van der Waals surface area (Å²) in [6.45, 7) is 1.33. The van der Waals surface area contributed by atoms with Gasteiger partial charge in [0, 0.05) is 6.42 Å². The summed E-state index contributed by atoms with van der Waals surface area (Å²) in [5.41, 5.74) is 1.50. The van der Waals surface area contributed by atoms with Crippen LogP contribution in [0.5, 0.6) is 0 Å². The second-order valence-electron chi connectivity index (χ2n) is 6.50. The SMILES string of the molecule is C[C@]1(C(=O)OCC(=O)N[C@H]2CCCc3ccccc32)CC1(Cl)Cl. The number of carbonyl (C=O) groups excluding carboxylic acids is 2. The highest BCUT2D eigenvalue weighted by atomic mass is 35.5. The Morgan fingerprint density at radius 2 is 2.04 bits per heavy atom. The molecule has 124 valence electrons. The minimum Gasteiger partial charge on any atom is -0.455 e. The van der Waals surface area contributed by atoms with E-state index in [1.165, 1.54) is 5.56 Å². The molecule has 0 radical (unpaired) electrons. The fourth-order valence-corrected chi connectivity index (χ4v) is 3.74. The number of hydrogen-bond donors (Lipinski definition) is 1. The number of hydrogen-bond acceptors (Lipinski definition) is 3. The summed E-state index contributed by atoms with van der Waals surface area (Å²) in [6, 6.07) is 8.07. The minimum atomic E-state index is -1.08. The first kappa shape index (κ1) is 16.6. The van der Waals surface area contributed by atoms with Crippen LogP contribution in [0.2, 0.25) is 0 Å². The van der Waals surface area contributed by atoms with Gasteiger partial charge in [-0.05, 0) is 37.3 Å². The van der Waals surface area contributed by atoms with Crippen molar-refractivity contribution in [3.8, 4) is 0 Å². The molecule has 2 aliphatic rings. The molecule has 1 aromatic rings. The van der Waals surface area contributed by atoms with Crippen LogP contribution in [0.25, 0.3) is 0 Å². The Labute approximate surface area is 145 Å². The first-order chi connectivity index (χ1) is 10.8. The highest BCUT2D eigenvalue weighted by Gasteiger charge is 2.69. The van der Waals surface area contributed by atoms with E-state index in [0.29, 0.717) is 6.42 Å². The van der Waals surface area contributed by atoms with E-state index in [1.54, 1.807) is 6.92 Å². The van der Waals surface area contributed by atoms with Gasteiger partial charge in [-0.1, -0.05) is 24.3 Å². The Balaban J connectivity index is 1.54. The first-order valence-electron chi connectivity index (χ1n) is 7.76. The lowest BCUT2D eigenvalue weighted by molar-refractivity contribution is -0.153. The van der Waals surface area contributed by atoms with Crippen LogP contribution < -0.4 is 5.32 Å². The Bertz CT molecular complexity index is 646. The average Bonchev–Trinajstić information content (AvgIpc) is 3.05. The summed E-state index contributed by atoms with van der Waals surface area (Å²) in [6.07, 6.45) is 3.30. The molecule has 1 aromatic carbocycles. The molecule has 2 aliphatic carbocycles. The zero-order valence-electron chi connectivity index (χ0n) is 12.9. The number of halogens is 2. The van der Waals surface area contributed by atoms with Crippen LogP contribution >= 0.6 is 23.2 Å². The van der Waals surface area contributed by atoms with Gasteiger partial charge in [-0.2, -0.15) is 0 Å². The monoisotopic (exact) mass is 355 g/mol. The van der Waals surface area contributed by atoms with Crippen LogP contribution in [-0.2, 0) is 20.7 Å². The molecule has 0 unspecified atom stereocenters. The van der Waals surface area contributed by atoms with E-state index < -0.39 is 15.7 Å². The van der Waals surface area contributed by atoms with Crippen molar-refractivity contribution in [1.29, 1.82) is 0 Å². The van der Waals surface area contributed by atoms with Crippen molar-refractivity contribution in [2.24, 2.45) is 5.41 Å². The molecule has 0 aromatic heterocycles. The normalized spacial score (nSPS) is 27.7. The van der Waals surface area contributed by atoms with Crippen LogP contribution in [0.4, 0.5) is 0 Å².